The minimum atomic E-state index is -1.25. The second-order valence-corrected chi connectivity index (χ2v) is 12.8. The number of terminal acetylenes is 2. The molecule has 2 aliphatic heterocycles. The largest absolute Gasteiger partial charge is 0.476 e. The molecule has 55 heavy (non-hydrogen) atoms. The Morgan fingerprint density at radius 2 is 1.05 bits per heavy atom. The normalized spacial score (nSPS) is 12.7. The molecule has 4 heterocycles. The number of aromatic carboxylic acids is 2. The molecule has 268 valence electrons. The summed E-state index contributed by atoms with van der Waals surface area (Å²) in [6, 6.07) is 22.7. The quantitative estimate of drug-likeness (QED) is 0.170. The molecular weight excluding hydrogens is 703 g/mol. The van der Waals surface area contributed by atoms with Crippen molar-refractivity contribution in [2.75, 3.05) is 0 Å². The van der Waals surface area contributed by atoms with Crippen LogP contribution in [-0.4, -0.2) is 52.7 Å². The Balaban J connectivity index is 1.20. The third kappa shape index (κ3) is 5.96. The Hall–Kier alpha value is -7.44. The van der Waals surface area contributed by atoms with E-state index in [2.05, 4.69) is 21.8 Å². The van der Waals surface area contributed by atoms with E-state index in [1.54, 1.807) is 81.9 Å². The highest BCUT2D eigenvalue weighted by Gasteiger charge is 2.31. The zero-order valence-electron chi connectivity index (χ0n) is 28.9. The summed E-state index contributed by atoms with van der Waals surface area (Å²) in [5.41, 5.74) is 4.47. The first-order valence-corrected chi connectivity index (χ1v) is 17.2. The monoisotopic (exact) mass is 730 g/mol. The number of halogens is 2. The van der Waals surface area contributed by atoms with Crippen LogP contribution < -0.4 is 0 Å². The highest BCUT2D eigenvalue weighted by Crippen LogP contribution is 2.33. The van der Waals surface area contributed by atoms with Crippen molar-refractivity contribution in [3.63, 3.8) is 0 Å². The number of hydrogen-bond acceptors (Lipinski definition) is 6. The van der Waals surface area contributed by atoms with Gasteiger partial charge in [0.05, 0.1) is 47.3 Å². The predicted molar refractivity (Wildman–Crippen MR) is 200 cm³/mol. The molecule has 4 aromatic carbocycles. The maximum Gasteiger partial charge on any atom is 0.356 e. The third-order valence-electron chi connectivity index (χ3n) is 9.64. The lowest BCUT2D eigenvalue weighted by Crippen LogP contribution is -2.12. The molecule has 2 aliphatic rings. The molecule has 0 bridgehead atoms. The summed E-state index contributed by atoms with van der Waals surface area (Å²) in [5, 5.41) is 20.5. The molecule has 8 rings (SSSR count). The summed E-state index contributed by atoms with van der Waals surface area (Å²) in [5.74, 6) is 2.53. The summed E-state index contributed by atoms with van der Waals surface area (Å²) in [4.78, 5) is 43.6. The van der Waals surface area contributed by atoms with Crippen LogP contribution in [0.4, 0.5) is 8.78 Å². The van der Waals surface area contributed by atoms with Crippen LogP contribution in [0.1, 0.15) is 83.8 Å². The van der Waals surface area contributed by atoms with Gasteiger partial charge in [-0.15, -0.1) is 12.8 Å². The Morgan fingerprint density at radius 1 is 0.636 bits per heavy atom. The van der Waals surface area contributed by atoms with Gasteiger partial charge < -0.3 is 10.2 Å². The molecule has 10 nitrogen and oxygen atoms in total. The molecule has 0 atom stereocenters. The molecule has 0 radical (unpaired) electrons. The SMILES string of the molecule is C#Cc1ccc2c(c1)C(c1ccccc1F)=NCc1c(C(=O)O)nc(CCCc3nc(C(=O)O)c4n3-c3ccc(C#C)cc3C(c3ccccc3F)=NC4)n1-2. The molecule has 0 fully saturated rings. The van der Waals surface area contributed by atoms with Gasteiger partial charge in [-0.2, -0.15) is 0 Å². The van der Waals surface area contributed by atoms with E-state index < -0.39 is 23.6 Å². The van der Waals surface area contributed by atoms with Crippen LogP contribution in [0.3, 0.4) is 0 Å². The summed E-state index contributed by atoms with van der Waals surface area (Å²) < 4.78 is 33.9. The topological polar surface area (TPSA) is 135 Å². The second-order valence-electron chi connectivity index (χ2n) is 12.8. The fraction of sp³-hybridized carbons (Fsp3) is 0.116. The number of carbonyl (C=O) groups is 2. The zero-order valence-corrected chi connectivity index (χ0v) is 28.9. The lowest BCUT2D eigenvalue weighted by molar-refractivity contribution is 0.0679. The highest BCUT2D eigenvalue weighted by molar-refractivity contribution is 6.16. The Morgan fingerprint density at radius 3 is 1.44 bits per heavy atom. The van der Waals surface area contributed by atoms with Gasteiger partial charge in [-0.25, -0.2) is 28.3 Å². The van der Waals surface area contributed by atoms with Gasteiger partial charge >= 0.3 is 11.9 Å². The van der Waals surface area contributed by atoms with Gasteiger partial charge in [-0.05, 0) is 67.1 Å². The van der Waals surface area contributed by atoms with Crippen molar-refractivity contribution < 1.29 is 28.6 Å². The van der Waals surface area contributed by atoms with Gasteiger partial charge in [0.15, 0.2) is 11.4 Å². The summed E-state index contributed by atoms with van der Waals surface area (Å²) in [7, 11) is 0. The second kappa shape index (κ2) is 13.8. The molecular formula is C43H28F2N6O4. The minimum absolute atomic E-state index is 0.102. The van der Waals surface area contributed by atoms with Crippen molar-refractivity contribution in [2.45, 2.75) is 32.4 Å². The lowest BCUT2D eigenvalue weighted by atomic mass is 9.98. The summed E-state index contributed by atoms with van der Waals surface area (Å²) >= 11 is 0. The summed E-state index contributed by atoms with van der Waals surface area (Å²) in [6.45, 7) is -0.205. The van der Waals surface area contributed by atoms with E-state index in [0.717, 1.165) is 0 Å². The average Bonchev–Trinajstić information content (AvgIpc) is 3.63. The van der Waals surface area contributed by atoms with E-state index in [9.17, 15) is 19.8 Å². The van der Waals surface area contributed by atoms with E-state index in [-0.39, 0.29) is 48.4 Å². The Labute approximate surface area is 313 Å². The number of hydrogen-bond donors (Lipinski definition) is 2. The molecule has 12 heteroatoms. The van der Waals surface area contributed by atoms with Gasteiger partial charge in [0.25, 0.3) is 0 Å². The first-order valence-electron chi connectivity index (χ1n) is 17.2. The standard InChI is InChI=1S/C43H28F2N6O4/c1-3-24-16-18-32-28(20-24)38(26-10-5-7-12-30(26)44)46-22-34-40(42(52)53)48-36(50(32)34)14-9-15-37-49-41(43(54)55)35-23-47-39(27-11-6-8-13-31(27)45)29-21-25(4-2)17-19-33(29)51(35)37/h1-2,5-8,10-13,16-21H,9,14-15,22-23H2,(H,52,53)(H,54,55). The van der Waals surface area contributed by atoms with Gasteiger partial charge in [-0.1, -0.05) is 36.1 Å². The van der Waals surface area contributed by atoms with Gasteiger partial charge in [0.2, 0.25) is 0 Å². The maximum absolute atomic E-state index is 15.2. The van der Waals surface area contributed by atoms with Crippen LogP contribution in [0.2, 0.25) is 0 Å². The van der Waals surface area contributed by atoms with Crippen molar-refractivity contribution >= 4 is 23.4 Å². The molecule has 2 aromatic heterocycles. The van der Waals surface area contributed by atoms with Crippen LogP contribution in [0.5, 0.6) is 0 Å². The number of benzene rings is 4. The van der Waals surface area contributed by atoms with Crippen molar-refractivity contribution in [3.05, 3.63) is 164 Å². The maximum atomic E-state index is 15.2. The smallest absolute Gasteiger partial charge is 0.356 e. The molecule has 0 saturated heterocycles. The minimum Gasteiger partial charge on any atom is -0.476 e. The van der Waals surface area contributed by atoms with Crippen molar-refractivity contribution in [2.24, 2.45) is 9.98 Å². The summed E-state index contributed by atoms with van der Waals surface area (Å²) in [6.07, 6.45) is 12.3. The lowest BCUT2D eigenvalue weighted by Gasteiger charge is -2.16. The van der Waals surface area contributed by atoms with Gasteiger partial charge in [0, 0.05) is 46.2 Å². The highest BCUT2D eigenvalue weighted by atomic mass is 19.1. The number of carboxylic acids is 2. The van der Waals surface area contributed by atoms with Gasteiger partial charge in [-0.3, -0.25) is 19.1 Å². The van der Waals surface area contributed by atoms with E-state index >= 15 is 8.78 Å². The van der Waals surface area contributed by atoms with E-state index in [1.165, 1.54) is 12.1 Å². The Kier molecular flexibility index (Phi) is 8.72. The van der Waals surface area contributed by atoms with Crippen LogP contribution in [-0.2, 0) is 25.9 Å². The number of carboxylic acid groups (broad SMARTS) is 2. The first-order chi connectivity index (χ1) is 26.7. The number of aryl methyl sites for hydroxylation is 2. The molecule has 0 spiro atoms. The molecule has 0 saturated carbocycles. The number of aliphatic imine (C=N–C) groups is 2. The molecule has 0 aliphatic carbocycles. The number of rotatable bonds is 8. The molecule has 2 N–H and O–H groups in total. The van der Waals surface area contributed by atoms with E-state index in [0.29, 0.717) is 74.5 Å². The predicted octanol–water partition coefficient (Wildman–Crippen LogP) is 6.57. The third-order valence-corrected chi connectivity index (χ3v) is 9.64. The van der Waals surface area contributed by atoms with Crippen molar-refractivity contribution in [1.82, 2.24) is 19.1 Å². The van der Waals surface area contributed by atoms with Crippen LogP contribution >= 0.6 is 0 Å². The molecule has 6 aromatic rings. The zero-order chi connectivity index (χ0) is 38.4. The van der Waals surface area contributed by atoms with E-state index in [1.807, 2.05) is 0 Å². The molecule has 0 amide bonds. The number of nitrogens with zero attached hydrogens (tertiary/aromatic N) is 6. The van der Waals surface area contributed by atoms with Crippen LogP contribution in [0.15, 0.2) is 94.9 Å². The Bertz CT molecular complexity index is 2570. The average molecular weight is 731 g/mol. The van der Waals surface area contributed by atoms with Crippen LogP contribution in [0.25, 0.3) is 11.4 Å². The van der Waals surface area contributed by atoms with Crippen molar-refractivity contribution in [3.8, 4) is 36.1 Å². The number of aromatic nitrogens is 4. The number of fused-ring (bicyclic) bond motifs is 6. The van der Waals surface area contributed by atoms with Crippen molar-refractivity contribution in [1.29, 1.82) is 0 Å². The first kappa shape index (κ1) is 34.6. The number of imidazole rings is 2. The molecule has 0 unspecified atom stereocenters. The van der Waals surface area contributed by atoms with E-state index in [4.69, 9.17) is 22.8 Å². The van der Waals surface area contributed by atoms with Crippen LogP contribution in [0, 0.1) is 36.3 Å². The fourth-order valence-electron chi connectivity index (χ4n) is 7.22. The fourth-order valence-corrected chi connectivity index (χ4v) is 7.22. The van der Waals surface area contributed by atoms with Gasteiger partial charge in [0.1, 0.15) is 23.3 Å².